The van der Waals surface area contributed by atoms with Crippen molar-refractivity contribution in [1.82, 2.24) is 14.5 Å². The smallest absolute Gasteiger partial charge is 0.290 e. The summed E-state index contributed by atoms with van der Waals surface area (Å²) >= 11 is 0. The highest BCUT2D eigenvalue weighted by atomic mass is 35.5. The van der Waals surface area contributed by atoms with Crippen molar-refractivity contribution in [2.24, 2.45) is 0 Å². The number of carboxylic acid groups (broad SMARTS) is 1. The van der Waals surface area contributed by atoms with Gasteiger partial charge in [0.2, 0.25) is 0 Å². The van der Waals surface area contributed by atoms with Crippen molar-refractivity contribution in [2.75, 3.05) is 30.5 Å². The third kappa shape index (κ3) is 15.0. The third-order valence-corrected chi connectivity index (χ3v) is 6.30. The van der Waals surface area contributed by atoms with E-state index in [9.17, 15) is 0 Å². The minimum absolute atomic E-state index is 0. The fraction of sp³-hybridized carbons (Fsp3) is 0.351. The van der Waals surface area contributed by atoms with E-state index in [1.807, 2.05) is 93.7 Å². The molecule has 0 spiro atoms. The Kier molecular flexibility index (Phi) is 21.3. The monoisotopic (exact) mass is 695 g/mol. The number of benzene rings is 2. The minimum Gasteiger partial charge on any atom is -0.483 e. The molecule has 0 aliphatic carbocycles. The number of anilines is 3. The van der Waals surface area contributed by atoms with Crippen LogP contribution in [0.3, 0.4) is 0 Å². The number of hydrogen-bond acceptors (Lipinski definition) is 8. The fourth-order valence-electron chi connectivity index (χ4n) is 4.35. The number of aromatic nitrogens is 4. The highest BCUT2D eigenvalue weighted by Crippen LogP contribution is 2.23. The van der Waals surface area contributed by atoms with Crippen LogP contribution in [0.5, 0.6) is 0 Å². The Hall–Kier alpha value is -4.55. The molecule has 12 heteroatoms. The lowest BCUT2D eigenvalue weighted by Gasteiger charge is -2.15. The summed E-state index contributed by atoms with van der Waals surface area (Å²) in [5, 5.41) is 13.6. The number of rotatable bonds is 12. The number of fused-ring (bicyclic) bond motifs is 1. The van der Waals surface area contributed by atoms with Gasteiger partial charge >= 0.3 is 0 Å². The number of halogens is 1. The second-order valence-electron chi connectivity index (χ2n) is 10.6. The second-order valence-corrected chi connectivity index (χ2v) is 10.6. The molecule has 0 atom stereocenters. The molecule has 3 heterocycles. The summed E-state index contributed by atoms with van der Waals surface area (Å²) in [4.78, 5) is 17.2. The third-order valence-electron chi connectivity index (χ3n) is 6.30. The first-order valence-corrected chi connectivity index (χ1v) is 16.2. The second kappa shape index (κ2) is 24.6. The number of para-hydroxylation sites is 2. The van der Waals surface area contributed by atoms with Gasteiger partial charge in [-0.2, -0.15) is 4.57 Å². The molecule has 0 radical (unpaired) electrons. The number of hydrogen-bond donors (Lipinski definition) is 3. The van der Waals surface area contributed by atoms with Crippen molar-refractivity contribution in [1.29, 1.82) is 0 Å². The fourth-order valence-corrected chi connectivity index (χ4v) is 4.35. The maximum Gasteiger partial charge on any atom is 0.290 e. The molecular weight excluding hydrogens is 644 g/mol. The average Bonchev–Trinajstić information content (AvgIpc) is 3.48. The molecule has 3 N–H and O–H groups in total. The van der Waals surface area contributed by atoms with Crippen LogP contribution in [0.15, 0.2) is 104 Å². The lowest BCUT2D eigenvalue weighted by Crippen LogP contribution is -2.34. The summed E-state index contributed by atoms with van der Waals surface area (Å²) in [6.07, 6.45) is 5.75. The summed E-state index contributed by atoms with van der Waals surface area (Å²) in [5.74, 6) is 0.854. The van der Waals surface area contributed by atoms with E-state index in [0.717, 1.165) is 34.0 Å². The lowest BCUT2D eigenvalue weighted by atomic mass is 10.3. The van der Waals surface area contributed by atoms with Gasteiger partial charge in [0, 0.05) is 43.9 Å². The van der Waals surface area contributed by atoms with Gasteiger partial charge in [-0.05, 0) is 97.0 Å². The van der Waals surface area contributed by atoms with Gasteiger partial charge in [-0.1, -0.05) is 36.4 Å². The Morgan fingerprint density at radius 1 is 0.796 bits per heavy atom. The lowest BCUT2D eigenvalue weighted by molar-refractivity contribution is -0.691. The van der Waals surface area contributed by atoms with Crippen LogP contribution in [-0.4, -0.2) is 58.5 Å². The summed E-state index contributed by atoms with van der Waals surface area (Å²) in [5.41, 5.74) is 5.36. The molecule has 0 aliphatic heterocycles. The van der Waals surface area contributed by atoms with Crippen LogP contribution >= 0.6 is 12.4 Å². The van der Waals surface area contributed by atoms with Crippen molar-refractivity contribution in [3.8, 4) is 5.69 Å². The van der Waals surface area contributed by atoms with Gasteiger partial charge in [0.15, 0.2) is 11.3 Å². The van der Waals surface area contributed by atoms with E-state index >= 15 is 0 Å². The summed E-state index contributed by atoms with van der Waals surface area (Å²) in [6, 6.07) is 29.2. The van der Waals surface area contributed by atoms with Crippen molar-refractivity contribution in [3.63, 3.8) is 0 Å². The van der Waals surface area contributed by atoms with Gasteiger partial charge in [-0.25, -0.2) is 14.5 Å². The molecule has 11 nitrogen and oxygen atoms in total. The largest absolute Gasteiger partial charge is 0.483 e. The molecule has 3 aromatic heterocycles. The molecule has 2 aromatic carbocycles. The van der Waals surface area contributed by atoms with E-state index in [0.29, 0.717) is 31.9 Å². The van der Waals surface area contributed by atoms with Gasteiger partial charge < -0.3 is 30.0 Å². The molecule has 0 saturated heterocycles. The van der Waals surface area contributed by atoms with Gasteiger partial charge in [0.05, 0.1) is 11.7 Å². The van der Waals surface area contributed by atoms with Crippen LogP contribution in [0.1, 0.15) is 54.5 Å². The first-order chi connectivity index (χ1) is 23.3. The van der Waals surface area contributed by atoms with Crippen LogP contribution in [0, 0.1) is 0 Å². The molecule has 49 heavy (non-hydrogen) atoms. The maximum absolute atomic E-state index is 8.36. The first-order valence-electron chi connectivity index (χ1n) is 16.2. The Balaban J connectivity index is 0.000000363. The van der Waals surface area contributed by atoms with Crippen LogP contribution in [0.4, 0.5) is 17.2 Å². The van der Waals surface area contributed by atoms with E-state index < -0.39 is 6.48 Å². The Labute approximate surface area is 296 Å². The van der Waals surface area contributed by atoms with Gasteiger partial charge in [0.1, 0.15) is 5.69 Å². The van der Waals surface area contributed by atoms with Crippen LogP contribution in [-0.2, 0) is 19.0 Å². The molecule has 0 saturated carbocycles. The molecule has 0 bridgehead atoms. The molecule has 0 amide bonds. The molecule has 0 fully saturated rings. The molecule has 5 rings (SSSR count). The number of nitrogens with zero attached hydrogens (tertiary/aromatic N) is 4. The van der Waals surface area contributed by atoms with E-state index in [2.05, 4.69) is 82.0 Å². The Morgan fingerprint density at radius 3 is 1.86 bits per heavy atom. The predicted octanol–water partition coefficient (Wildman–Crippen LogP) is 8.04. The van der Waals surface area contributed by atoms with Gasteiger partial charge in [0.25, 0.3) is 24.9 Å². The number of ether oxygens (including phenoxy) is 3. The molecular formula is C37H52ClN6O5+. The quantitative estimate of drug-likeness (QED) is 0.0676. The molecule has 5 aromatic rings. The number of nitrogens with one attached hydrogen (secondary N) is 2. The summed E-state index contributed by atoms with van der Waals surface area (Å²) < 4.78 is 19.6. The predicted molar refractivity (Wildman–Crippen MR) is 199 cm³/mol. The zero-order valence-corrected chi connectivity index (χ0v) is 30.3. The van der Waals surface area contributed by atoms with Gasteiger partial charge in [-0.15, -0.1) is 12.4 Å². The minimum atomic E-state index is -0.472. The van der Waals surface area contributed by atoms with Crippen LogP contribution in [0.2, 0.25) is 0 Å². The summed E-state index contributed by atoms with van der Waals surface area (Å²) in [6.45, 7) is 15.4. The van der Waals surface area contributed by atoms with Crippen molar-refractivity contribution in [2.45, 2.75) is 67.0 Å². The molecule has 0 aliphatic rings. The highest BCUT2D eigenvalue weighted by molar-refractivity contribution is 5.85. The van der Waals surface area contributed by atoms with E-state index in [4.69, 9.17) is 24.1 Å². The summed E-state index contributed by atoms with van der Waals surface area (Å²) in [7, 11) is 0. The Morgan fingerprint density at radius 2 is 1.33 bits per heavy atom. The zero-order valence-electron chi connectivity index (χ0n) is 29.5. The zero-order chi connectivity index (χ0) is 35.1. The van der Waals surface area contributed by atoms with Gasteiger partial charge in [-0.3, -0.25) is 4.79 Å². The van der Waals surface area contributed by atoms with E-state index in [1.54, 1.807) is 6.20 Å². The topological polar surface area (TPSA) is 124 Å². The normalized spacial score (nSPS) is 10.2. The molecule has 266 valence electrons. The van der Waals surface area contributed by atoms with E-state index in [-0.39, 0.29) is 18.9 Å². The van der Waals surface area contributed by atoms with E-state index in [1.165, 1.54) is 0 Å². The Bertz CT molecular complexity index is 1560. The maximum atomic E-state index is 8.36. The SMILES string of the molecule is CC(C)Nc1cccnc1Nc1ccccc1.CC(C)[n+]1cn(-c2ccccc2)c2ncccc21.CCOC(OCC)OCC.Cl.O=CO. The standard InChI is InChI=1S/C15H16N3.C14H17N3.C7H16O3.CH2O2.ClH/c1-12(2)17-11-18(13-7-4-3-5-8-13)15-14(17)9-6-10-16-15;1-11(2)16-13-9-6-10-15-14(13)17-12-7-4-3-5-8-12;1-4-8-7(9-5-2)10-6-3;2-1-3;/h3-12H,1-2H3;3-11,16H,1-2H3,(H,15,17);7H,4-6H2,1-3H3;1H,(H,2,3);1H/q+1;;;;. The van der Waals surface area contributed by atoms with Crippen LogP contribution in [0.25, 0.3) is 16.9 Å². The van der Waals surface area contributed by atoms with Crippen molar-refractivity contribution >= 4 is 47.2 Å². The van der Waals surface area contributed by atoms with Crippen molar-refractivity contribution in [3.05, 3.63) is 104 Å². The number of carbonyl (C=O) groups is 1. The average molecular weight is 696 g/mol. The number of imidazole rings is 1. The highest BCUT2D eigenvalue weighted by Gasteiger charge is 2.19. The number of pyridine rings is 2. The first kappa shape index (κ1) is 42.5. The van der Waals surface area contributed by atoms with Crippen molar-refractivity contribution < 1.29 is 28.7 Å². The molecule has 0 unspecified atom stereocenters. The van der Waals surface area contributed by atoms with Crippen LogP contribution < -0.4 is 15.2 Å².